The quantitative estimate of drug-likeness (QED) is 0.727. The molecule has 0 saturated carbocycles. The standard InChI is InChI=1S/C27H33NO3/c1-17-11-7-10-14-23(17)27(5,6)16-28(20(4)29)25-18(2)15-24(30)21-12-8-9-13-22(21)26(31)19(25)3/h7-14,18,24,30H,15-16H2,1-6H3/b25-19+. The molecule has 2 unspecified atom stereocenters. The summed E-state index contributed by atoms with van der Waals surface area (Å²) in [4.78, 5) is 28.0. The molecule has 164 valence electrons. The fraction of sp³-hybridized carbons (Fsp3) is 0.407. The lowest BCUT2D eigenvalue weighted by atomic mass is 9.80. The predicted molar refractivity (Wildman–Crippen MR) is 124 cm³/mol. The van der Waals surface area contributed by atoms with Crippen LogP contribution >= 0.6 is 0 Å². The minimum atomic E-state index is -0.753. The number of nitrogens with zero attached hydrogens (tertiary/aromatic N) is 1. The van der Waals surface area contributed by atoms with E-state index >= 15 is 0 Å². The number of ketones is 1. The number of fused-ring (bicyclic) bond motifs is 1. The van der Waals surface area contributed by atoms with Crippen molar-refractivity contribution in [3.63, 3.8) is 0 Å². The summed E-state index contributed by atoms with van der Waals surface area (Å²) in [6, 6.07) is 15.4. The Morgan fingerprint density at radius 3 is 2.35 bits per heavy atom. The number of aryl methyl sites for hydroxylation is 1. The van der Waals surface area contributed by atoms with E-state index in [-0.39, 0.29) is 23.0 Å². The number of aliphatic hydroxyl groups is 1. The van der Waals surface area contributed by atoms with Gasteiger partial charge in [0.25, 0.3) is 0 Å². The Kier molecular flexibility index (Phi) is 6.51. The number of rotatable bonds is 4. The highest BCUT2D eigenvalue weighted by atomic mass is 16.3. The summed E-state index contributed by atoms with van der Waals surface area (Å²) >= 11 is 0. The number of Topliss-reactive ketones (excluding diaryl/α,β-unsaturated/α-hetero) is 1. The van der Waals surface area contributed by atoms with Gasteiger partial charge >= 0.3 is 0 Å². The molecular weight excluding hydrogens is 386 g/mol. The Balaban J connectivity index is 2.10. The zero-order chi connectivity index (χ0) is 22.9. The van der Waals surface area contributed by atoms with E-state index in [1.807, 2.05) is 37.3 Å². The molecule has 4 heteroatoms. The molecule has 0 spiro atoms. The number of carbonyl (C=O) groups excluding carboxylic acids is 2. The first kappa shape index (κ1) is 23.0. The summed E-state index contributed by atoms with van der Waals surface area (Å²) < 4.78 is 0. The van der Waals surface area contributed by atoms with E-state index in [0.717, 1.165) is 0 Å². The normalized spacial score (nSPS) is 21.8. The molecule has 31 heavy (non-hydrogen) atoms. The lowest BCUT2D eigenvalue weighted by Crippen LogP contribution is -2.42. The Morgan fingerprint density at radius 1 is 1.10 bits per heavy atom. The Hall–Kier alpha value is -2.72. The summed E-state index contributed by atoms with van der Waals surface area (Å²) in [5, 5.41) is 10.8. The Morgan fingerprint density at radius 2 is 1.71 bits per heavy atom. The van der Waals surface area contributed by atoms with Crippen molar-refractivity contribution in [2.45, 2.75) is 59.5 Å². The van der Waals surface area contributed by atoms with Gasteiger partial charge in [-0.25, -0.2) is 0 Å². The minimum absolute atomic E-state index is 0.0981. The van der Waals surface area contributed by atoms with E-state index in [2.05, 4.69) is 32.9 Å². The van der Waals surface area contributed by atoms with Gasteiger partial charge in [0.1, 0.15) is 0 Å². The van der Waals surface area contributed by atoms with Crippen LogP contribution in [-0.2, 0) is 10.2 Å². The fourth-order valence-electron chi connectivity index (χ4n) is 4.90. The smallest absolute Gasteiger partial charge is 0.223 e. The van der Waals surface area contributed by atoms with Crippen molar-refractivity contribution in [1.29, 1.82) is 0 Å². The van der Waals surface area contributed by atoms with Crippen molar-refractivity contribution in [2.24, 2.45) is 5.92 Å². The average molecular weight is 420 g/mol. The highest BCUT2D eigenvalue weighted by Gasteiger charge is 2.35. The maximum absolute atomic E-state index is 13.4. The van der Waals surface area contributed by atoms with Gasteiger partial charge in [0, 0.05) is 35.7 Å². The second-order valence-corrected chi connectivity index (χ2v) is 9.38. The molecule has 1 amide bonds. The fourth-order valence-corrected chi connectivity index (χ4v) is 4.90. The molecule has 0 aromatic heterocycles. The summed E-state index contributed by atoms with van der Waals surface area (Å²) in [6.45, 7) is 12.1. The Labute approximate surface area is 185 Å². The van der Waals surface area contributed by atoms with Crippen LogP contribution in [0.4, 0.5) is 0 Å². The monoisotopic (exact) mass is 419 g/mol. The molecule has 3 rings (SSSR count). The van der Waals surface area contributed by atoms with Crippen molar-refractivity contribution < 1.29 is 14.7 Å². The average Bonchev–Trinajstić information content (AvgIpc) is 2.72. The van der Waals surface area contributed by atoms with Gasteiger partial charge in [-0.15, -0.1) is 0 Å². The zero-order valence-electron chi connectivity index (χ0n) is 19.4. The highest BCUT2D eigenvalue weighted by Crippen LogP contribution is 2.37. The molecule has 1 aliphatic rings. The Bertz CT molecular complexity index is 1030. The van der Waals surface area contributed by atoms with Gasteiger partial charge in [-0.2, -0.15) is 0 Å². The number of aliphatic hydroxyl groups excluding tert-OH is 1. The molecule has 0 bridgehead atoms. The van der Waals surface area contributed by atoms with Crippen LogP contribution in [0, 0.1) is 12.8 Å². The van der Waals surface area contributed by atoms with Gasteiger partial charge in [0.2, 0.25) is 5.91 Å². The van der Waals surface area contributed by atoms with Crippen LogP contribution in [0.3, 0.4) is 0 Å². The topological polar surface area (TPSA) is 57.6 Å². The third-order valence-corrected chi connectivity index (χ3v) is 6.43. The third-order valence-electron chi connectivity index (χ3n) is 6.43. The van der Waals surface area contributed by atoms with Gasteiger partial charge in [-0.1, -0.05) is 69.3 Å². The van der Waals surface area contributed by atoms with E-state index in [1.165, 1.54) is 11.1 Å². The molecule has 0 radical (unpaired) electrons. The maximum atomic E-state index is 13.4. The summed E-state index contributed by atoms with van der Waals surface area (Å²) in [5.41, 5.74) is 4.50. The second kappa shape index (κ2) is 8.80. The number of benzene rings is 2. The first-order chi connectivity index (χ1) is 14.5. The van der Waals surface area contributed by atoms with Gasteiger partial charge in [-0.3, -0.25) is 9.59 Å². The van der Waals surface area contributed by atoms with Crippen molar-refractivity contribution >= 4 is 11.7 Å². The van der Waals surface area contributed by atoms with Crippen LogP contribution in [0.2, 0.25) is 0 Å². The van der Waals surface area contributed by atoms with Crippen LogP contribution in [-0.4, -0.2) is 28.2 Å². The van der Waals surface area contributed by atoms with E-state index in [4.69, 9.17) is 0 Å². The number of hydrogen-bond donors (Lipinski definition) is 1. The minimum Gasteiger partial charge on any atom is -0.388 e. The summed E-state index contributed by atoms with van der Waals surface area (Å²) in [6.07, 6.45) is -0.303. The molecule has 0 saturated heterocycles. The van der Waals surface area contributed by atoms with E-state index < -0.39 is 6.10 Å². The van der Waals surface area contributed by atoms with E-state index in [1.54, 1.807) is 24.8 Å². The van der Waals surface area contributed by atoms with Crippen LogP contribution in [0.5, 0.6) is 0 Å². The SMILES string of the molecule is CC(=O)N(CC(C)(C)c1ccccc1C)/C1=C(\C)C(=O)c2ccccc2C(O)CC1C. The van der Waals surface area contributed by atoms with Crippen LogP contribution in [0.25, 0.3) is 0 Å². The third kappa shape index (κ3) is 4.49. The van der Waals surface area contributed by atoms with Gasteiger partial charge < -0.3 is 10.0 Å². The zero-order valence-corrected chi connectivity index (χ0v) is 19.4. The molecule has 2 aromatic rings. The van der Waals surface area contributed by atoms with Gasteiger partial charge in [0.15, 0.2) is 5.78 Å². The molecule has 1 N–H and O–H groups in total. The van der Waals surface area contributed by atoms with E-state index in [0.29, 0.717) is 35.4 Å². The highest BCUT2D eigenvalue weighted by molar-refractivity contribution is 6.10. The first-order valence-corrected chi connectivity index (χ1v) is 10.9. The van der Waals surface area contributed by atoms with Crippen molar-refractivity contribution in [3.05, 3.63) is 82.1 Å². The van der Waals surface area contributed by atoms with E-state index in [9.17, 15) is 14.7 Å². The molecule has 1 aliphatic carbocycles. The number of hydrogen-bond acceptors (Lipinski definition) is 3. The summed E-state index contributed by atoms with van der Waals surface area (Å²) in [5.74, 6) is -0.376. The molecule has 0 fully saturated rings. The number of carbonyl (C=O) groups is 2. The number of amides is 1. The first-order valence-electron chi connectivity index (χ1n) is 10.9. The van der Waals surface area contributed by atoms with Crippen LogP contribution in [0.15, 0.2) is 59.8 Å². The number of allylic oxidation sites excluding steroid dienone is 2. The molecule has 2 aromatic carbocycles. The van der Waals surface area contributed by atoms with Gasteiger partial charge in [-0.05, 0) is 42.9 Å². The maximum Gasteiger partial charge on any atom is 0.223 e. The second-order valence-electron chi connectivity index (χ2n) is 9.38. The van der Waals surface area contributed by atoms with Gasteiger partial charge in [0.05, 0.1) is 6.10 Å². The van der Waals surface area contributed by atoms with Crippen molar-refractivity contribution in [2.75, 3.05) is 6.54 Å². The molecule has 0 aliphatic heterocycles. The predicted octanol–water partition coefficient (Wildman–Crippen LogP) is 5.35. The molecular formula is C27H33NO3. The largest absolute Gasteiger partial charge is 0.388 e. The lowest BCUT2D eigenvalue weighted by Gasteiger charge is -2.38. The summed E-state index contributed by atoms with van der Waals surface area (Å²) in [7, 11) is 0. The van der Waals surface area contributed by atoms with Crippen LogP contribution < -0.4 is 0 Å². The lowest BCUT2D eigenvalue weighted by molar-refractivity contribution is -0.128. The van der Waals surface area contributed by atoms with Crippen molar-refractivity contribution in [1.82, 2.24) is 4.90 Å². The van der Waals surface area contributed by atoms with Crippen molar-refractivity contribution in [3.8, 4) is 0 Å². The molecule has 4 nitrogen and oxygen atoms in total. The van der Waals surface area contributed by atoms with Crippen LogP contribution in [0.1, 0.15) is 74.2 Å². The molecule has 2 atom stereocenters. The molecule has 0 heterocycles.